The molecular weight excluding hydrogens is 415 g/mol. The van der Waals surface area contributed by atoms with Gasteiger partial charge in [-0.3, -0.25) is 5.32 Å². The third-order valence-corrected chi connectivity index (χ3v) is 6.37. The van der Waals surface area contributed by atoms with Crippen molar-refractivity contribution in [3.05, 3.63) is 69.3 Å². The minimum absolute atomic E-state index is 0.212. The number of ether oxygens (including phenoxy) is 1. The molecule has 0 aliphatic carbocycles. The lowest BCUT2D eigenvalue weighted by Gasteiger charge is -2.32. The van der Waals surface area contributed by atoms with Gasteiger partial charge in [0, 0.05) is 24.6 Å². The number of aliphatic hydroxyl groups excluding tert-OH is 1. The zero-order valence-corrected chi connectivity index (χ0v) is 17.2. The van der Waals surface area contributed by atoms with E-state index in [4.69, 9.17) is 33.0 Å². The molecule has 6 nitrogen and oxygen atoms in total. The summed E-state index contributed by atoms with van der Waals surface area (Å²) < 4.78 is 7.49. The molecule has 1 aromatic heterocycles. The van der Waals surface area contributed by atoms with Crippen LogP contribution in [0.4, 0.5) is 0 Å². The number of nitrogens with zero attached hydrogens (tertiary/aromatic N) is 1. The molecule has 2 unspecified atom stereocenters. The molecule has 29 heavy (non-hydrogen) atoms. The number of halogens is 2. The fourth-order valence-corrected chi connectivity index (χ4v) is 4.27. The lowest BCUT2D eigenvalue weighted by atomic mass is 9.88. The van der Waals surface area contributed by atoms with Crippen LogP contribution in [0.15, 0.2) is 42.5 Å². The first-order chi connectivity index (χ1) is 13.8. The van der Waals surface area contributed by atoms with Gasteiger partial charge >= 0.3 is 5.97 Å². The van der Waals surface area contributed by atoms with Gasteiger partial charge in [-0.25, -0.2) is 4.79 Å². The number of carboxylic acid groups (broad SMARTS) is 1. The highest BCUT2D eigenvalue weighted by Gasteiger charge is 2.39. The van der Waals surface area contributed by atoms with Crippen LogP contribution in [0.25, 0.3) is 10.9 Å². The first-order valence-corrected chi connectivity index (χ1v) is 9.89. The number of fused-ring (bicyclic) bond motifs is 1. The number of aryl methyl sites for hydroxylation is 1. The number of benzene rings is 2. The van der Waals surface area contributed by atoms with E-state index in [-0.39, 0.29) is 5.56 Å². The van der Waals surface area contributed by atoms with Crippen LogP contribution in [-0.2, 0) is 17.3 Å². The number of hydrogen-bond donors (Lipinski definition) is 3. The molecule has 1 aliphatic rings. The second-order valence-electron chi connectivity index (χ2n) is 7.24. The Balaban J connectivity index is 1.69. The molecule has 152 valence electrons. The van der Waals surface area contributed by atoms with E-state index in [1.165, 1.54) is 0 Å². The summed E-state index contributed by atoms with van der Waals surface area (Å²) in [5.74, 6) is -0.979. The molecule has 4 rings (SSSR count). The summed E-state index contributed by atoms with van der Waals surface area (Å²) >= 11 is 12.5. The van der Waals surface area contributed by atoms with Crippen LogP contribution in [0, 0.1) is 0 Å². The zero-order chi connectivity index (χ0) is 20.8. The minimum atomic E-state index is -0.997. The normalized spacial score (nSPS) is 20.3. The summed E-state index contributed by atoms with van der Waals surface area (Å²) in [5, 5.41) is 25.1. The van der Waals surface area contributed by atoms with E-state index < -0.39 is 17.7 Å². The Hall–Kier alpha value is -2.09. The molecule has 2 aromatic carbocycles. The number of rotatable bonds is 5. The zero-order valence-electron chi connectivity index (χ0n) is 15.7. The number of aliphatic hydroxyl groups is 1. The first-order valence-electron chi connectivity index (χ1n) is 9.13. The van der Waals surface area contributed by atoms with E-state index in [0.717, 1.165) is 16.5 Å². The van der Waals surface area contributed by atoms with Crippen molar-refractivity contribution in [1.82, 2.24) is 9.88 Å². The van der Waals surface area contributed by atoms with Gasteiger partial charge in [-0.1, -0.05) is 35.3 Å². The topological polar surface area (TPSA) is 83.7 Å². The van der Waals surface area contributed by atoms with Crippen LogP contribution in [0.2, 0.25) is 10.0 Å². The lowest BCUT2D eigenvalue weighted by molar-refractivity contribution is 0.0692. The Labute approximate surface area is 177 Å². The van der Waals surface area contributed by atoms with Crippen molar-refractivity contribution in [2.75, 3.05) is 13.2 Å². The molecule has 0 amide bonds. The van der Waals surface area contributed by atoms with Gasteiger partial charge in [-0.2, -0.15) is 0 Å². The minimum Gasteiger partial charge on any atom is -0.478 e. The highest BCUT2D eigenvalue weighted by molar-refractivity contribution is 6.45. The maximum Gasteiger partial charge on any atom is 0.335 e. The Bertz CT molecular complexity index is 1070. The molecule has 0 saturated carbocycles. The van der Waals surface area contributed by atoms with Gasteiger partial charge in [0.2, 0.25) is 0 Å². The summed E-state index contributed by atoms with van der Waals surface area (Å²) in [5.41, 5.74) is 1.94. The van der Waals surface area contributed by atoms with Gasteiger partial charge in [-0.05, 0) is 42.3 Å². The quantitative estimate of drug-likeness (QED) is 0.526. The monoisotopic (exact) mass is 434 g/mol. The second kappa shape index (κ2) is 7.63. The summed E-state index contributed by atoms with van der Waals surface area (Å²) in [6.45, 7) is 0.907. The van der Waals surface area contributed by atoms with Crippen LogP contribution in [0.5, 0.6) is 0 Å². The van der Waals surface area contributed by atoms with Crippen LogP contribution >= 0.6 is 23.2 Å². The SMILES string of the molecule is Cn1c(C(O)NC2(c3ccc(C(=O)O)cc3)CCOC2)cc2c(Cl)c(Cl)ccc21. The maximum absolute atomic E-state index is 11.1. The van der Waals surface area contributed by atoms with Crippen molar-refractivity contribution in [1.29, 1.82) is 0 Å². The van der Waals surface area contributed by atoms with Crippen molar-refractivity contribution >= 4 is 40.1 Å². The van der Waals surface area contributed by atoms with E-state index in [0.29, 0.717) is 35.4 Å². The molecule has 0 bridgehead atoms. The van der Waals surface area contributed by atoms with E-state index in [1.807, 2.05) is 23.7 Å². The second-order valence-corrected chi connectivity index (χ2v) is 8.02. The van der Waals surface area contributed by atoms with Gasteiger partial charge in [0.15, 0.2) is 0 Å². The van der Waals surface area contributed by atoms with E-state index >= 15 is 0 Å². The fraction of sp³-hybridized carbons (Fsp3) is 0.286. The van der Waals surface area contributed by atoms with E-state index in [1.54, 1.807) is 30.3 Å². The first kappa shape index (κ1) is 20.2. The molecule has 0 radical (unpaired) electrons. The predicted molar refractivity (Wildman–Crippen MR) is 112 cm³/mol. The largest absolute Gasteiger partial charge is 0.478 e. The highest BCUT2D eigenvalue weighted by atomic mass is 35.5. The third kappa shape index (κ3) is 3.52. The number of aromatic carboxylic acids is 1. The molecule has 3 aromatic rings. The van der Waals surface area contributed by atoms with Crippen LogP contribution in [0.3, 0.4) is 0 Å². The van der Waals surface area contributed by atoms with Gasteiger partial charge in [0.25, 0.3) is 0 Å². The Morgan fingerprint density at radius 1 is 1.24 bits per heavy atom. The number of carbonyl (C=O) groups is 1. The lowest BCUT2D eigenvalue weighted by Crippen LogP contribution is -2.45. The fourth-order valence-electron chi connectivity index (χ4n) is 3.89. The molecule has 1 aliphatic heterocycles. The van der Waals surface area contributed by atoms with Gasteiger partial charge < -0.3 is 19.5 Å². The molecule has 8 heteroatoms. The number of nitrogens with one attached hydrogen (secondary N) is 1. The molecule has 1 fully saturated rings. The summed E-state index contributed by atoms with van der Waals surface area (Å²) in [6, 6.07) is 12.0. The molecule has 3 N–H and O–H groups in total. The van der Waals surface area contributed by atoms with E-state index in [9.17, 15) is 9.90 Å². The van der Waals surface area contributed by atoms with Crippen molar-refractivity contribution in [2.45, 2.75) is 18.2 Å². The van der Waals surface area contributed by atoms with Crippen molar-refractivity contribution in [2.24, 2.45) is 7.05 Å². The van der Waals surface area contributed by atoms with Crippen molar-refractivity contribution in [3.63, 3.8) is 0 Å². The summed E-state index contributed by atoms with van der Waals surface area (Å²) in [7, 11) is 1.85. The van der Waals surface area contributed by atoms with Gasteiger partial charge in [0.05, 0.1) is 33.4 Å². The third-order valence-electron chi connectivity index (χ3n) is 5.55. The van der Waals surface area contributed by atoms with E-state index in [2.05, 4.69) is 5.32 Å². The number of hydrogen-bond acceptors (Lipinski definition) is 4. The Kier molecular flexibility index (Phi) is 5.31. The standard InChI is InChI=1S/C21H20Cl2N2O4/c1-25-16-7-6-15(22)18(23)14(16)10-17(25)19(26)24-21(8-9-29-11-21)13-4-2-12(3-5-13)20(27)28/h2-7,10,19,24,26H,8-9,11H2,1H3,(H,27,28). The Morgan fingerprint density at radius 2 is 1.97 bits per heavy atom. The van der Waals surface area contributed by atoms with Crippen LogP contribution in [-0.4, -0.2) is 34.0 Å². The highest BCUT2D eigenvalue weighted by Crippen LogP contribution is 2.36. The molecule has 1 saturated heterocycles. The smallest absolute Gasteiger partial charge is 0.335 e. The van der Waals surface area contributed by atoms with Gasteiger partial charge in [0.1, 0.15) is 6.23 Å². The number of carboxylic acids is 1. The molecule has 0 spiro atoms. The predicted octanol–water partition coefficient (Wildman–Crippen LogP) is 4.08. The molecule has 2 atom stereocenters. The summed E-state index contributed by atoms with van der Waals surface area (Å²) in [4.78, 5) is 11.1. The maximum atomic E-state index is 11.1. The van der Waals surface area contributed by atoms with Crippen LogP contribution in [0.1, 0.15) is 34.3 Å². The molecular formula is C21H20Cl2N2O4. The average molecular weight is 435 g/mol. The summed E-state index contributed by atoms with van der Waals surface area (Å²) in [6.07, 6.45) is -0.351. The molecule has 2 heterocycles. The average Bonchev–Trinajstić information content (AvgIpc) is 3.31. The van der Waals surface area contributed by atoms with Crippen molar-refractivity contribution in [3.8, 4) is 0 Å². The van der Waals surface area contributed by atoms with Gasteiger partial charge in [-0.15, -0.1) is 0 Å². The number of aromatic nitrogens is 1. The van der Waals surface area contributed by atoms with Crippen LogP contribution < -0.4 is 5.32 Å². The van der Waals surface area contributed by atoms with Crippen molar-refractivity contribution < 1.29 is 19.7 Å². The Morgan fingerprint density at radius 3 is 2.59 bits per heavy atom.